The Labute approximate surface area is 173 Å². The second-order valence-corrected chi connectivity index (χ2v) is 6.72. The molecule has 7 heteroatoms. The van der Waals surface area contributed by atoms with Crippen molar-refractivity contribution in [2.45, 2.75) is 19.8 Å². The highest BCUT2D eigenvalue weighted by Gasteiger charge is 2.14. The fourth-order valence-corrected chi connectivity index (χ4v) is 3.06. The van der Waals surface area contributed by atoms with E-state index in [1.807, 2.05) is 6.07 Å². The Morgan fingerprint density at radius 1 is 1.03 bits per heavy atom. The van der Waals surface area contributed by atoms with Crippen LogP contribution in [0, 0.1) is 6.92 Å². The van der Waals surface area contributed by atoms with E-state index in [0.29, 0.717) is 34.6 Å². The number of ether oxygens (including phenoxy) is 3. The Bertz CT molecular complexity index is 1130. The molecule has 7 nitrogen and oxygen atoms in total. The second-order valence-electron chi connectivity index (χ2n) is 6.72. The maximum atomic E-state index is 12.5. The highest BCUT2D eigenvalue weighted by molar-refractivity contribution is 5.97. The smallest absolute Gasteiger partial charge is 0.336 e. The number of aryl methyl sites for hydroxylation is 2. The number of methoxy groups -OCH3 is 2. The van der Waals surface area contributed by atoms with E-state index >= 15 is 0 Å². The molecule has 3 rings (SSSR count). The molecule has 0 radical (unpaired) electrons. The zero-order valence-electron chi connectivity index (χ0n) is 17.0. The van der Waals surface area contributed by atoms with Crippen LogP contribution in [-0.2, 0) is 16.0 Å². The van der Waals surface area contributed by atoms with Crippen molar-refractivity contribution in [2.75, 3.05) is 20.8 Å². The first-order valence-corrected chi connectivity index (χ1v) is 9.35. The van der Waals surface area contributed by atoms with Gasteiger partial charge < -0.3 is 18.6 Å². The van der Waals surface area contributed by atoms with Crippen LogP contribution in [0.4, 0.5) is 0 Å². The average molecular weight is 410 g/mol. The molecule has 0 saturated carbocycles. The molecule has 0 saturated heterocycles. The number of benzene rings is 2. The molecule has 2 aromatic carbocycles. The summed E-state index contributed by atoms with van der Waals surface area (Å²) in [6, 6.07) is 11.5. The lowest BCUT2D eigenvalue weighted by Gasteiger charge is -2.13. The summed E-state index contributed by atoms with van der Waals surface area (Å²) in [4.78, 5) is 35.8. The fraction of sp³-hybridized carbons (Fsp3) is 0.261. The summed E-state index contributed by atoms with van der Waals surface area (Å²) in [5.41, 5.74) is 1.83. The van der Waals surface area contributed by atoms with Crippen molar-refractivity contribution in [3.63, 3.8) is 0 Å². The van der Waals surface area contributed by atoms with Crippen LogP contribution in [0.25, 0.3) is 11.0 Å². The predicted molar refractivity (Wildman–Crippen MR) is 110 cm³/mol. The molecule has 1 aromatic heterocycles. The van der Waals surface area contributed by atoms with Crippen LogP contribution in [-0.4, -0.2) is 32.6 Å². The zero-order chi connectivity index (χ0) is 21.7. The van der Waals surface area contributed by atoms with Crippen LogP contribution < -0.4 is 15.1 Å². The van der Waals surface area contributed by atoms with Gasteiger partial charge in [0.25, 0.3) is 0 Å². The quantitative estimate of drug-likeness (QED) is 0.319. The predicted octanol–water partition coefficient (Wildman–Crippen LogP) is 3.48. The minimum Gasteiger partial charge on any atom is -0.497 e. The topological polar surface area (TPSA) is 92.0 Å². The first kappa shape index (κ1) is 21.1. The molecule has 0 fully saturated rings. The summed E-state index contributed by atoms with van der Waals surface area (Å²) >= 11 is 0. The molecule has 1 heterocycles. The van der Waals surface area contributed by atoms with Crippen molar-refractivity contribution in [2.24, 2.45) is 0 Å². The van der Waals surface area contributed by atoms with Crippen molar-refractivity contribution in [3.05, 3.63) is 69.6 Å². The van der Waals surface area contributed by atoms with Gasteiger partial charge in [-0.1, -0.05) is 0 Å². The molecule has 0 aliphatic rings. The van der Waals surface area contributed by atoms with Gasteiger partial charge in [-0.15, -0.1) is 0 Å². The van der Waals surface area contributed by atoms with Gasteiger partial charge in [-0.3, -0.25) is 9.59 Å². The van der Waals surface area contributed by atoms with Crippen LogP contribution in [0.2, 0.25) is 0 Å². The summed E-state index contributed by atoms with van der Waals surface area (Å²) in [6.45, 7) is 1.59. The van der Waals surface area contributed by atoms with Gasteiger partial charge in [-0.05, 0) is 54.8 Å². The molecule has 3 aromatic rings. The van der Waals surface area contributed by atoms with E-state index in [4.69, 9.17) is 18.6 Å². The molecule has 0 aliphatic carbocycles. The Kier molecular flexibility index (Phi) is 6.51. The van der Waals surface area contributed by atoms with Gasteiger partial charge in [-0.25, -0.2) is 4.79 Å². The molecule has 30 heavy (non-hydrogen) atoms. The standard InChI is InChI=1S/C23H22O7/c1-14-10-23(26)30-21-12-20(16(11-18(14)21)6-9-22(25)28-3)29-13-19(24)15-4-7-17(27-2)8-5-15/h4-5,7-8,10-12H,6,9,13H2,1-3H3. The Morgan fingerprint density at radius 2 is 1.77 bits per heavy atom. The third kappa shape index (κ3) is 4.86. The van der Waals surface area contributed by atoms with Crippen molar-refractivity contribution in [1.82, 2.24) is 0 Å². The molecular formula is C23H22O7. The Balaban J connectivity index is 1.88. The van der Waals surface area contributed by atoms with Gasteiger partial charge in [0, 0.05) is 29.5 Å². The lowest BCUT2D eigenvalue weighted by molar-refractivity contribution is -0.140. The largest absolute Gasteiger partial charge is 0.497 e. The molecule has 0 bridgehead atoms. The van der Waals surface area contributed by atoms with Crippen molar-refractivity contribution < 1.29 is 28.2 Å². The molecule has 0 spiro atoms. The number of fused-ring (bicyclic) bond motifs is 1. The van der Waals surface area contributed by atoms with E-state index in [9.17, 15) is 14.4 Å². The van der Waals surface area contributed by atoms with E-state index < -0.39 is 5.63 Å². The molecule has 0 aliphatic heterocycles. The average Bonchev–Trinajstić information content (AvgIpc) is 2.75. The molecule has 156 valence electrons. The summed E-state index contributed by atoms with van der Waals surface area (Å²) < 4.78 is 20.8. The normalized spacial score (nSPS) is 10.6. The molecule has 0 unspecified atom stereocenters. The zero-order valence-corrected chi connectivity index (χ0v) is 17.0. The number of carbonyl (C=O) groups is 2. The minimum absolute atomic E-state index is 0.153. The number of rotatable bonds is 8. The maximum Gasteiger partial charge on any atom is 0.336 e. The van der Waals surface area contributed by atoms with E-state index in [0.717, 1.165) is 10.9 Å². The first-order valence-electron chi connectivity index (χ1n) is 9.35. The number of esters is 1. The summed E-state index contributed by atoms with van der Waals surface area (Å²) in [7, 11) is 2.88. The van der Waals surface area contributed by atoms with Gasteiger partial charge in [0.15, 0.2) is 12.4 Å². The van der Waals surface area contributed by atoms with Gasteiger partial charge >= 0.3 is 11.6 Å². The third-order valence-electron chi connectivity index (χ3n) is 4.73. The van der Waals surface area contributed by atoms with E-state index in [1.165, 1.54) is 13.2 Å². The lowest BCUT2D eigenvalue weighted by atomic mass is 10.0. The summed E-state index contributed by atoms with van der Waals surface area (Å²) in [6.07, 6.45) is 0.508. The highest BCUT2D eigenvalue weighted by Crippen LogP contribution is 2.28. The third-order valence-corrected chi connectivity index (χ3v) is 4.73. The fourth-order valence-electron chi connectivity index (χ4n) is 3.06. The van der Waals surface area contributed by atoms with Gasteiger partial charge in [0.05, 0.1) is 14.2 Å². The van der Waals surface area contributed by atoms with Crippen molar-refractivity contribution >= 4 is 22.7 Å². The van der Waals surface area contributed by atoms with Crippen LogP contribution in [0.15, 0.2) is 51.7 Å². The molecule has 0 N–H and O–H groups in total. The summed E-state index contributed by atoms with van der Waals surface area (Å²) in [5, 5.41) is 0.739. The SMILES string of the molecule is COC(=O)CCc1cc2c(C)cc(=O)oc2cc1OCC(=O)c1ccc(OC)cc1. The maximum absolute atomic E-state index is 12.5. The molecular weight excluding hydrogens is 388 g/mol. The van der Waals surface area contributed by atoms with Crippen LogP contribution in [0.5, 0.6) is 11.5 Å². The molecule has 0 amide bonds. The van der Waals surface area contributed by atoms with Crippen LogP contribution >= 0.6 is 0 Å². The van der Waals surface area contributed by atoms with Crippen molar-refractivity contribution in [1.29, 1.82) is 0 Å². The number of Topliss-reactive ketones (excluding diaryl/α,β-unsaturated/α-hetero) is 1. The number of hydrogen-bond acceptors (Lipinski definition) is 7. The number of ketones is 1. The Hall–Kier alpha value is -3.61. The molecule has 0 atom stereocenters. The number of hydrogen-bond donors (Lipinski definition) is 0. The highest BCUT2D eigenvalue weighted by atomic mass is 16.5. The second kappa shape index (κ2) is 9.26. The summed E-state index contributed by atoms with van der Waals surface area (Å²) in [5.74, 6) is 0.452. The van der Waals surface area contributed by atoms with E-state index in [2.05, 4.69) is 0 Å². The van der Waals surface area contributed by atoms with Crippen LogP contribution in [0.1, 0.15) is 27.9 Å². The lowest BCUT2D eigenvalue weighted by Crippen LogP contribution is -2.13. The van der Waals surface area contributed by atoms with E-state index in [-0.39, 0.29) is 24.8 Å². The van der Waals surface area contributed by atoms with Gasteiger partial charge in [0.2, 0.25) is 0 Å². The van der Waals surface area contributed by atoms with Gasteiger partial charge in [0.1, 0.15) is 17.1 Å². The van der Waals surface area contributed by atoms with Gasteiger partial charge in [-0.2, -0.15) is 0 Å². The van der Waals surface area contributed by atoms with Crippen molar-refractivity contribution in [3.8, 4) is 11.5 Å². The monoisotopic (exact) mass is 410 g/mol. The Morgan fingerprint density at radius 3 is 2.43 bits per heavy atom. The first-order chi connectivity index (χ1) is 14.4. The van der Waals surface area contributed by atoms with Crippen LogP contribution in [0.3, 0.4) is 0 Å². The van der Waals surface area contributed by atoms with E-state index in [1.54, 1.807) is 44.4 Å². The number of carbonyl (C=O) groups excluding carboxylic acids is 2. The minimum atomic E-state index is -0.470.